The van der Waals surface area contributed by atoms with E-state index < -0.39 is 17.8 Å². The number of rotatable bonds is 7. The second-order valence-electron chi connectivity index (χ2n) is 6.21. The van der Waals surface area contributed by atoms with Crippen molar-refractivity contribution < 1.29 is 14.7 Å². The van der Waals surface area contributed by atoms with Crippen LogP contribution in [-0.2, 0) is 22.7 Å². The SMILES string of the molecule is CCn1c(=O)n(CC(=O)NCC(C(=O)O)c2ccccc2)c2ccccc21. The fourth-order valence-electron chi connectivity index (χ4n) is 3.18. The summed E-state index contributed by atoms with van der Waals surface area (Å²) < 4.78 is 3.01. The number of para-hydroxylation sites is 2. The Kier molecular flexibility index (Phi) is 5.40. The molecule has 0 aliphatic carbocycles. The van der Waals surface area contributed by atoms with Gasteiger partial charge in [-0.25, -0.2) is 4.79 Å². The Morgan fingerprint density at radius 2 is 1.59 bits per heavy atom. The lowest BCUT2D eigenvalue weighted by atomic mass is 9.99. The van der Waals surface area contributed by atoms with Crippen LogP contribution >= 0.6 is 0 Å². The van der Waals surface area contributed by atoms with Gasteiger partial charge in [-0.1, -0.05) is 42.5 Å². The predicted octanol–water partition coefficient (Wildman–Crippen LogP) is 1.81. The van der Waals surface area contributed by atoms with Crippen molar-refractivity contribution in [3.8, 4) is 0 Å². The van der Waals surface area contributed by atoms with Crippen LogP contribution in [0.3, 0.4) is 0 Å². The minimum Gasteiger partial charge on any atom is -0.481 e. The van der Waals surface area contributed by atoms with Crippen LogP contribution in [-0.4, -0.2) is 32.7 Å². The maximum absolute atomic E-state index is 12.6. The van der Waals surface area contributed by atoms with Gasteiger partial charge in [-0.3, -0.25) is 18.7 Å². The molecule has 3 rings (SSSR count). The lowest BCUT2D eigenvalue weighted by Gasteiger charge is -2.14. The monoisotopic (exact) mass is 367 g/mol. The maximum atomic E-state index is 12.6. The van der Waals surface area contributed by atoms with E-state index in [0.29, 0.717) is 17.6 Å². The van der Waals surface area contributed by atoms with Crippen LogP contribution in [0.1, 0.15) is 18.4 Å². The normalized spacial score (nSPS) is 12.0. The number of carboxylic acid groups (broad SMARTS) is 1. The number of imidazole rings is 1. The molecule has 7 heteroatoms. The second-order valence-corrected chi connectivity index (χ2v) is 6.21. The Balaban J connectivity index is 1.77. The number of carbonyl (C=O) groups excluding carboxylic acids is 1. The molecule has 1 atom stereocenters. The predicted molar refractivity (Wildman–Crippen MR) is 102 cm³/mol. The Morgan fingerprint density at radius 3 is 2.19 bits per heavy atom. The summed E-state index contributed by atoms with van der Waals surface area (Å²) in [5.41, 5.74) is 1.81. The molecule has 0 saturated heterocycles. The first-order valence-corrected chi connectivity index (χ1v) is 8.75. The highest BCUT2D eigenvalue weighted by molar-refractivity contribution is 5.82. The number of carboxylic acids is 1. The van der Waals surface area contributed by atoms with Crippen LogP contribution in [0.5, 0.6) is 0 Å². The molecule has 2 aromatic carbocycles. The molecule has 0 bridgehead atoms. The number of nitrogens with one attached hydrogen (secondary N) is 1. The molecule has 0 saturated carbocycles. The molecule has 3 aromatic rings. The third-order valence-corrected chi connectivity index (χ3v) is 4.55. The summed E-state index contributed by atoms with van der Waals surface area (Å²) in [7, 11) is 0. The lowest BCUT2D eigenvalue weighted by Crippen LogP contribution is -2.36. The zero-order chi connectivity index (χ0) is 19.4. The van der Waals surface area contributed by atoms with E-state index in [1.165, 1.54) is 4.57 Å². The van der Waals surface area contributed by atoms with Crippen molar-refractivity contribution in [1.29, 1.82) is 0 Å². The summed E-state index contributed by atoms with van der Waals surface area (Å²) in [6, 6.07) is 16.0. The Morgan fingerprint density at radius 1 is 1.00 bits per heavy atom. The molecule has 2 N–H and O–H groups in total. The fraction of sp³-hybridized carbons (Fsp3) is 0.250. The van der Waals surface area contributed by atoms with Gasteiger partial charge in [0.15, 0.2) is 0 Å². The van der Waals surface area contributed by atoms with Crippen molar-refractivity contribution in [2.24, 2.45) is 0 Å². The van der Waals surface area contributed by atoms with Gasteiger partial charge in [0.25, 0.3) is 0 Å². The van der Waals surface area contributed by atoms with Crippen LogP contribution in [0.4, 0.5) is 0 Å². The van der Waals surface area contributed by atoms with E-state index in [1.54, 1.807) is 41.0 Å². The Bertz CT molecular complexity index is 1020. The van der Waals surface area contributed by atoms with Gasteiger partial charge in [0.1, 0.15) is 6.54 Å². The van der Waals surface area contributed by atoms with Crippen LogP contribution in [0, 0.1) is 0 Å². The summed E-state index contributed by atoms with van der Waals surface area (Å²) in [5.74, 6) is -2.26. The van der Waals surface area contributed by atoms with Crippen molar-refractivity contribution in [3.63, 3.8) is 0 Å². The van der Waals surface area contributed by atoms with E-state index in [-0.39, 0.29) is 18.8 Å². The molecule has 0 fully saturated rings. The number of hydrogen-bond acceptors (Lipinski definition) is 3. The van der Waals surface area contributed by atoms with Crippen LogP contribution in [0.2, 0.25) is 0 Å². The standard InChI is InChI=1S/C20H21N3O4/c1-2-22-16-10-6-7-11-17(16)23(20(22)27)13-18(24)21-12-15(19(25)26)14-8-4-3-5-9-14/h3-11,15H,2,12-13H2,1H3,(H,21,24)(H,25,26). The summed E-state index contributed by atoms with van der Waals surface area (Å²) in [5, 5.41) is 12.1. The van der Waals surface area contributed by atoms with Gasteiger partial charge in [-0.15, -0.1) is 0 Å². The highest BCUT2D eigenvalue weighted by Crippen LogP contribution is 2.15. The average Bonchev–Trinajstić information content (AvgIpc) is 2.94. The minimum atomic E-state index is -1.01. The number of carbonyl (C=O) groups is 2. The maximum Gasteiger partial charge on any atom is 0.329 e. The zero-order valence-electron chi connectivity index (χ0n) is 15.0. The summed E-state index contributed by atoms with van der Waals surface area (Å²) in [4.78, 5) is 36.5. The van der Waals surface area contributed by atoms with Gasteiger partial charge >= 0.3 is 11.7 Å². The number of amides is 1. The van der Waals surface area contributed by atoms with E-state index in [0.717, 1.165) is 5.52 Å². The molecule has 1 aromatic heterocycles. The van der Waals surface area contributed by atoms with Gasteiger partial charge < -0.3 is 10.4 Å². The van der Waals surface area contributed by atoms with Crippen LogP contribution in [0.25, 0.3) is 11.0 Å². The van der Waals surface area contributed by atoms with Crippen molar-refractivity contribution in [2.45, 2.75) is 25.9 Å². The van der Waals surface area contributed by atoms with Crippen molar-refractivity contribution in [1.82, 2.24) is 14.5 Å². The van der Waals surface area contributed by atoms with E-state index in [9.17, 15) is 19.5 Å². The summed E-state index contributed by atoms with van der Waals surface area (Å²) in [6.07, 6.45) is 0. The number of aromatic nitrogens is 2. The lowest BCUT2D eigenvalue weighted by molar-refractivity contribution is -0.138. The molecule has 140 valence electrons. The molecule has 0 spiro atoms. The highest BCUT2D eigenvalue weighted by Gasteiger charge is 2.21. The third kappa shape index (κ3) is 3.76. The molecule has 7 nitrogen and oxygen atoms in total. The van der Waals surface area contributed by atoms with E-state index in [2.05, 4.69) is 5.32 Å². The quantitative estimate of drug-likeness (QED) is 0.666. The van der Waals surface area contributed by atoms with Crippen molar-refractivity contribution in [2.75, 3.05) is 6.54 Å². The molecule has 1 heterocycles. The first-order valence-electron chi connectivity index (χ1n) is 8.75. The van der Waals surface area contributed by atoms with Gasteiger partial charge in [-0.05, 0) is 24.6 Å². The molecular weight excluding hydrogens is 346 g/mol. The van der Waals surface area contributed by atoms with Gasteiger partial charge in [-0.2, -0.15) is 0 Å². The number of nitrogens with zero attached hydrogens (tertiary/aromatic N) is 2. The van der Waals surface area contributed by atoms with E-state index >= 15 is 0 Å². The zero-order valence-corrected chi connectivity index (χ0v) is 15.0. The van der Waals surface area contributed by atoms with Gasteiger partial charge in [0, 0.05) is 13.1 Å². The molecule has 1 unspecified atom stereocenters. The molecule has 0 aliphatic rings. The number of hydrogen-bond donors (Lipinski definition) is 2. The number of benzene rings is 2. The molecule has 27 heavy (non-hydrogen) atoms. The topological polar surface area (TPSA) is 93.3 Å². The second kappa shape index (κ2) is 7.90. The largest absolute Gasteiger partial charge is 0.481 e. The molecular formula is C20H21N3O4. The van der Waals surface area contributed by atoms with E-state index in [1.807, 2.05) is 25.1 Å². The summed E-state index contributed by atoms with van der Waals surface area (Å²) in [6.45, 7) is 2.17. The molecule has 0 radical (unpaired) electrons. The first kappa shape index (κ1) is 18.4. The fourth-order valence-corrected chi connectivity index (χ4v) is 3.18. The average molecular weight is 367 g/mol. The number of aliphatic carboxylic acids is 1. The summed E-state index contributed by atoms with van der Waals surface area (Å²) >= 11 is 0. The van der Waals surface area contributed by atoms with Crippen molar-refractivity contribution >= 4 is 22.9 Å². The Labute approximate surface area is 155 Å². The third-order valence-electron chi connectivity index (χ3n) is 4.55. The van der Waals surface area contributed by atoms with Crippen LogP contribution < -0.4 is 11.0 Å². The van der Waals surface area contributed by atoms with Gasteiger partial charge in [0.05, 0.1) is 17.0 Å². The highest BCUT2D eigenvalue weighted by atomic mass is 16.4. The first-order chi connectivity index (χ1) is 13.0. The smallest absolute Gasteiger partial charge is 0.329 e. The van der Waals surface area contributed by atoms with Crippen molar-refractivity contribution in [3.05, 3.63) is 70.6 Å². The number of fused-ring (bicyclic) bond motifs is 1. The molecule has 0 aliphatic heterocycles. The Hall–Kier alpha value is -3.35. The van der Waals surface area contributed by atoms with Crippen LogP contribution in [0.15, 0.2) is 59.4 Å². The number of aryl methyl sites for hydroxylation is 1. The minimum absolute atomic E-state index is 0.0423. The molecule has 1 amide bonds. The van der Waals surface area contributed by atoms with Gasteiger partial charge in [0.2, 0.25) is 5.91 Å². The van der Waals surface area contributed by atoms with E-state index in [4.69, 9.17) is 0 Å².